The number of halogens is 1. The van der Waals surface area contributed by atoms with Crippen LogP contribution < -0.4 is 4.90 Å². The molecule has 0 spiro atoms. The predicted octanol–water partition coefficient (Wildman–Crippen LogP) is 1.46. The van der Waals surface area contributed by atoms with Crippen molar-refractivity contribution in [1.29, 1.82) is 0 Å². The van der Waals surface area contributed by atoms with Gasteiger partial charge in [0, 0.05) is 44.4 Å². The van der Waals surface area contributed by atoms with Crippen molar-refractivity contribution in [3.63, 3.8) is 0 Å². The Morgan fingerprint density at radius 1 is 1.24 bits per heavy atom. The molecule has 2 atom stereocenters. The summed E-state index contributed by atoms with van der Waals surface area (Å²) in [6, 6.07) is -0.385. The number of ether oxygens (including phenoxy) is 1. The monoisotopic (exact) mass is 438 g/mol. The van der Waals surface area contributed by atoms with E-state index in [9.17, 15) is 8.42 Å². The number of sulfonamides is 1. The Labute approximate surface area is 174 Å². The highest BCUT2D eigenvalue weighted by Crippen LogP contribution is 2.47. The van der Waals surface area contributed by atoms with Crippen LogP contribution in [0.3, 0.4) is 0 Å². The molecule has 0 saturated carbocycles. The molecule has 3 aliphatic rings. The first kappa shape index (κ1) is 19.2. The third kappa shape index (κ3) is 2.96. The van der Waals surface area contributed by atoms with Gasteiger partial charge in [-0.2, -0.15) is 9.40 Å². The summed E-state index contributed by atoms with van der Waals surface area (Å²) >= 11 is 6.29. The van der Waals surface area contributed by atoms with Crippen LogP contribution in [0.25, 0.3) is 0 Å². The lowest BCUT2D eigenvalue weighted by atomic mass is 10.0. The molecule has 0 aliphatic carbocycles. The molecule has 0 N–H and O–H groups in total. The Kier molecular flexibility index (Phi) is 4.57. The molecule has 2 saturated heterocycles. The van der Waals surface area contributed by atoms with E-state index in [0.29, 0.717) is 31.3 Å². The maximum absolute atomic E-state index is 13.6. The quantitative estimate of drug-likeness (QED) is 0.716. The average Bonchev–Trinajstić information content (AvgIpc) is 3.17. The maximum atomic E-state index is 13.6. The second kappa shape index (κ2) is 6.90. The first-order valence-corrected chi connectivity index (χ1v) is 11.6. The molecule has 29 heavy (non-hydrogen) atoms. The zero-order valence-corrected chi connectivity index (χ0v) is 17.9. The first-order valence-electron chi connectivity index (χ1n) is 9.79. The number of anilines is 1. The predicted molar refractivity (Wildman–Crippen MR) is 107 cm³/mol. The molecular formula is C18H23ClN6O3S. The van der Waals surface area contributed by atoms with E-state index in [0.717, 1.165) is 37.2 Å². The van der Waals surface area contributed by atoms with Crippen LogP contribution in [0.5, 0.6) is 0 Å². The summed E-state index contributed by atoms with van der Waals surface area (Å²) < 4.78 is 35.5. The molecule has 2 aromatic heterocycles. The van der Waals surface area contributed by atoms with E-state index in [2.05, 4.69) is 15.0 Å². The van der Waals surface area contributed by atoms with Gasteiger partial charge in [-0.1, -0.05) is 11.6 Å². The third-order valence-corrected chi connectivity index (χ3v) is 8.70. The van der Waals surface area contributed by atoms with Crippen LogP contribution in [0.2, 0.25) is 5.15 Å². The average molecular weight is 439 g/mol. The van der Waals surface area contributed by atoms with Crippen molar-refractivity contribution in [2.75, 3.05) is 31.2 Å². The summed E-state index contributed by atoms with van der Waals surface area (Å²) in [5.74, 6) is 0.703. The highest BCUT2D eigenvalue weighted by Gasteiger charge is 2.49. The number of fused-ring (bicyclic) bond motifs is 4. The number of hydrogen-bond acceptors (Lipinski definition) is 7. The van der Waals surface area contributed by atoms with Gasteiger partial charge < -0.3 is 9.64 Å². The van der Waals surface area contributed by atoms with E-state index in [-0.39, 0.29) is 22.1 Å². The number of hydrogen-bond donors (Lipinski definition) is 0. The number of aromatic nitrogens is 4. The molecule has 0 amide bonds. The van der Waals surface area contributed by atoms with Crippen LogP contribution in [0.15, 0.2) is 11.1 Å². The van der Waals surface area contributed by atoms with E-state index in [4.69, 9.17) is 21.3 Å². The summed E-state index contributed by atoms with van der Waals surface area (Å²) in [4.78, 5) is 11.6. The number of rotatable bonds is 3. The lowest BCUT2D eigenvalue weighted by molar-refractivity contribution is 0.122. The molecule has 5 rings (SSSR count). The van der Waals surface area contributed by atoms with Crippen LogP contribution in [0.4, 0.5) is 5.95 Å². The molecule has 2 fully saturated rings. The Morgan fingerprint density at radius 2 is 2.00 bits per heavy atom. The fraction of sp³-hybridized carbons (Fsp3) is 0.611. The van der Waals surface area contributed by atoms with Crippen LogP contribution in [0, 0.1) is 6.92 Å². The van der Waals surface area contributed by atoms with Gasteiger partial charge in [0.05, 0.1) is 30.6 Å². The lowest BCUT2D eigenvalue weighted by Crippen LogP contribution is -2.43. The van der Waals surface area contributed by atoms with Crippen molar-refractivity contribution in [3.8, 4) is 0 Å². The second-order valence-electron chi connectivity index (χ2n) is 7.79. The van der Waals surface area contributed by atoms with E-state index in [1.54, 1.807) is 24.5 Å². The van der Waals surface area contributed by atoms with E-state index in [1.165, 1.54) is 4.68 Å². The minimum absolute atomic E-state index is 0.105. The molecule has 5 heterocycles. The molecule has 0 aromatic carbocycles. The van der Waals surface area contributed by atoms with Crippen LogP contribution >= 0.6 is 11.6 Å². The maximum Gasteiger partial charge on any atom is 0.248 e. The Balaban J connectivity index is 1.52. The summed E-state index contributed by atoms with van der Waals surface area (Å²) in [5.41, 5.74) is 2.27. The van der Waals surface area contributed by atoms with Crippen molar-refractivity contribution >= 4 is 27.6 Å². The van der Waals surface area contributed by atoms with E-state index in [1.807, 2.05) is 0 Å². The minimum atomic E-state index is -3.78. The standard InChI is InChI=1S/C18H23ClN6O3S/c1-11-16(17(19)23(2)22-11)29(26,27)25-12-3-4-15(25)13-10-20-18(21-14(13)9-12)24-5-7-28-8-6-24/h10,12,15H,3-9H2,1-2H3. The second-order valence-corrected chi connectivity index (χ2v) is 9.92. The molecule has 2 unspecified atom stereocenters. The van der Waals surface area contributed by atoms with Crippen molar-refractivity contribution < 1.29 is 13.2 Å². The minimum Gasteiger partial charge on any atom is -0.378 e. The number of aryl methyl sites for hydroxylation is 2. The normalized spacial score (nSPS) is 24.7. The molecule has 3 aliphatic heterocycles. The summed E-state index contributed by atoms with van der Waals surface area (Å²) in [6.07, 6.45) is 3.94. The Morgan fingerprint density at radius 3 is 2.69 bits per heavy atom. The lowest BCUT2D eigenvalue weighted by Gasteiger charge is -2.35. The molecule has 2 bridgehead atoms. The Bertz CT molecular complexity index is 1070. The van der Waals surface area contributed by atoms with Crippen LogP contribution in [0.1, 0.15) is 35.8 Å². The van der Waals surface area contributed by atoms with Gasteiger partial charge in [0.1, 0.15) is 10.0 Å². The molecule has 156 valence electrons. The van der Waals surface area contributed by atoms with E-state index >= 15 is 0 Å². The molecule has 9 nitrogen and oxygen atoms in total. The van der Waals surface area contributed by atoms with Gasteiger partial charge in [0.15, 0.2) is 0 Å². The third-order valence-electron chi connectivity index (χ3n) is 6.05. The largest absolute Gasteiger partial charge is 0.378 e. The van der Waals surface area contributed by atoms with Crippen molar-refractivity contribution in [2.45, 2.75) is 43.2 Å². The van der Waals surface area contributed by atoms with Gasteiger partial charge in [0.2, 0.25) is 16.0 Å². The zero-order valence-electron chi connectivity index (χ0n) is 16.4. The highest BCUT2D eigenvalue weighted by molar-refractivity contribution is 7.89. The van der Waals surface area contributed by atoms with E-state index < -0.39 is 10.0 Å². The molecule has 11 heteroatoms. The van der Waals surface area contributed by atoms with Gasteiger partial charge in [-0.15, -0.1) is 0 Å². The summed E-state index contributed by atoms with van der Waals surface area (Å²) in [6.45, 7) is 4.55. The summed E-state index contributed by atoms with van der Waals surface area (Å²) in [5, 5.41) is 4.33. The van der Waals surface area contributed by atoms with Gasteiger partial charge in [-0.3, -0.25) is 4.68 Å². The van der Waals surface area contributed by atoms with Gasteiger partial charge in [-0.25, -0.2) is 18.4 Å². The van der Waals surface area contributed by atoms with Crippen LogP contribution in [-0.4, -0.2) is 64.8 Å². The van der Waals surface area contributed by atoms with Crippen molar-refractivity contribution in [3.05, 3.63) is 28.3 Å². The molecule has 0 radical (unpaired) electrons. The first-order chi connectivity index (χ1) is 13.9. The van der Waals surface area contributed by atoms with Crippen LogP contribution in [-0.2, 0) is 28.2 Å². The smallest absolute Gasteiger partial charge is 0.248 e. The fourth-order valence-corrected chi connectivity index (χ4v) is 7.28. The van der Waals surface area contributed by atoms with Crippen molar-refractivity contribution in [2.24, 2.45) is 7.05 Å². The topological polar surface area (TPSA) is 93.5 Å². The SMILES string of the molecule is Cc1nn(C)c(Cl)c1S(=O)(=O)N1C2CCC1c1cnc(N3CCOCC3)nc1C2. The van der Waals surface area contributed by atoms with Gasteiger partial charge in [0.25, 0.3) is 0 Å². The van der Waals surface area contributed by atoms with Gasteiger partial charge >= 0.3 is 0 Å². The number of morpholine rings is 1. The number of nitrogens with zero attached hydrogens (tertiary/aromatic N) is 6. The fourth-order valence-electron chi connectivity index (χ4n) is 4.71. The zero-order chi connectivity index (χ0) is 20.3. The Hall–Kier alpha value is -1.75. The highest BCUT2D eigenvalue weighted by atomic mass is 35.5. The molecule has 2 aromatic rings. The van der Waals surface area contributed by atoms with Crippen molar-refractivity contribution in [1.82, 2.24) is 24.1 Å². The summed E-state index contributed by atoms with van der Waals surface area (Å²) in [7, 11) is -2.13. The molecular weight excluding hydrogens is 416 g/mol. The van der Waals surface area contributed by atoms with Gasteiger partial charge in [-0.05, 0) is 19.8 Å².